The van der Waals surface area contributed by atoms with Gasteiger partial charge in [-0.25, -0.2) is 9.18 Å². The molecule has 1 fully saturated rings. The Morgan fingerprint density at radius 3 is 2.85 bits per heavy atom. The molecule has 1 saturated heterocycles. The van der Waals surface area contributed by atoms with Gasteiger partial charge in [-0.2, -0.15) is 0 Å². The summed E-state index contributed by atoms with van der Waals surface area (Å²) < 4.78 is 13.5. The number of halogens is 1. The van der Waals surface area contributed by atoms with Crippen LogP contribution in [0.4, 0.5) is 14.9 Å². The zero-order valence-electron chi connectivity index (χ0n) is 11.1. The van der Waals surface area contributed by atoms with Crippen molar-refractivity contribution >= 4 is 17.6 Å². The molecule has 0 radical (unpaired) electrons. The van der Waals surface area contributed by atoms with Gasteiger partial charge in [-0.15, -0.1) is 0 Å². The highest BCUT2D eigenvalue weighted by Gasteiger charge is 2.31. The number of rotatable bonds is 2. The number of nitrogens with zero attached hydrogens (tertiary/aromatic N) is 1. The number of carbonyl (C=O) groups is 2. The predicted octanol–water partition coefficient (Wildman–Crippen LogP) is 0.377. The number of benzene rings is 1. The van der Waals surface area contributed by atoms with Crippen molar-refractivity contribution in [2.24, 2.45) is 0 Å². The highest BCUT2D eigenvalue weighted by Crippen LogP contribution is 2.14. The third-order valence-corrected chi connectivity index (χ3v) is 3.17. The zero-order valence-corrected chi connectivity index (χ0v) is 11.1. The fourth-order valence-electron chi connectivity index (χ4n) is 2.10. The third kappa shape index (κ3) is 3.05. The Bertz CT molecular complexity index is 509. The van der Waals surface area contributed by atoms with E-state index in [1.54, 1.807) is 12.1 Å². The predicted molar refractivity (Wildman–Crippen MR) is 72.8 cm³/mol. The highest BCUT2D eigenvalue weighted by atomic mass is 19.1. The number of urea groups is 1. The normalized spacial score (nSPS) is 18.5. The number of hydrogen-bond donors (Lipinski definition) is 3. The molecule has 1 aromatic rings. The van der Waals surface area contributed by atoms with Crippen molar-refractivity contribution < 1.29 is 14.0 Å². The van der Waals surface area contributed by atoms with Crippen LogP contribution >= 0.6 is 0 Å². The molecule has 1 aliphatic heterocycles. The van der Waals surface area contributed by atoms with E-state index in [1.807, 2.05) is 0 Å². The van der Waals surface area contributed by atoms with Crippen LogP contribution in [0.2, 0.25) is 0 Å². The second-order valence-corrected chi connectivity index (χ2v) is 4.44. The van der Waals surface area contributed by atoms with Crippen LogP contribution in [0.15, 0.2) is 24.3 Å². The summed E-state index contributed by atoms with van der Waals surface area (Å²) in [4.78, 5) is 25.3. The average Bonchev–Trinajstić information content (AvgIpc) is 2.48. The molecule has 1 atom stereocenters. The maximum atomic E-state index is 13.5. The molecule has 3 amide bonds. The van der Waals surface area contributed by atoms with E-state index in [-0.39, 0.29) is 11.6 Å². The maximum absolute atomic E-state index is 13.5. The van der Waals surface area contributed by atoms with Gasteiger partial charge in [0.1, 0.15) is 11.9 Å². The Kier molecular flexibility index (Phi) is 4.52. The fraction of sp³-hybridized carbons (Fsp3) is 0.385. The molecular formula is C13H17FN4O2. The van der Waals surface area contributed by atoms with Crippen molar-refractivity contribution in [2.75, 3.05) is 32.0 Å². The maximum Gasteiger partial charge on any atom is 0.322 e. The average molecular weight is 280 g/mol. The highest BCUT2D eigenvalue weighted by molar-refractivity contribution is 5.94. The van der Waals surface area contributed by atoms with Crippen molar-refractivity contribution in [3.8, 4) is 0 Å². The first kappa shape index (κ1) is 14.3. The van der Waals surface area contributed by atoms with Gasteiger partial charge >= 0.3 is 6.03 Å². The van der Waals surface area contributed by atoms with Crippen molar-refractivity contribution in [3.63, 3.8) is 0 Å². The van der Waals surface area contributed by atoms with Gasteiger partial charge in [-0.05, 0) is 12.1 Å². The van der Waals surface area contributed by atoms with Crippen LogP contribution in [0.3, 0.4) is 0 Å². The first-order chi connectivity index (χ1) is 9.63. The number of anilines is 1. The van der Waals surface area contributed by atoms with Gasteiger partial charge in [0, 0.05) is 26.7 Å². The van der Waals surface area contributed by atoms with Gasteiger partial charge in [0.05, 0.1) is 5.69 Å². The van der Waals surface area contributed by atoms with Crippen LogP contribution in [-0.2, 0) is 4.79 Å². The summed E-state index contributed by atoms with van der Waals surface area (Å²) in [5.41, 5.74) is 0.103. The minimum absolute atomic E-state index is 0.103. The van der Waals surface area contributed by atoms with Crippen molar-refractivity contribution in [1.29, 1.82) is 0 Å². The molecule has 2 rings (SSSR count). The Balaban J connectivity index is 2.10. The summed E-state index contributed by atoms with van der Waals surface area (Å²) >= 11 is 0. The smallest absolute Gasteiger partial charge is 0.322 e. The number of hydrogen-bond acceptors (Lipinski definition) is 3. The lowest BCUT2D eigenvalue weighted by atomic mass is 10.2. The van der Waals surface area contributed by atoms with Crippen molar-refractivity contribution in [2.45, 2.75) is 6.04 Å². The van der Waals surface area contributed by atoms with E-state index in [0.717, 1.165) is 0 Å². The molecule has 108 valence electrons. The van der Waals surface area contributed by atoms with E-state index in [0.29, 0.717) is 19.6 Å². The fourth-order valence-corrected chi connectivity index (χ4v) is 2.10. The lowest BCUT2D eigenvalue weighted by Gasteiger charge is -2.34. The van der Waals surface area contributed by atoms with Crippen LogP contribution in [0.5, 0.6) is 0 Å². The Hall–Kier alpha value is -2.15. The van der Waals surface area contributed by atoms with Gasteiger partial charge in [0.15, 0.2) is 0 Å². The quantitative estimate of drug-likeness (QED) is 0.733. The van der Waals surface area contributed by atoms with Gasteiger partial charge in [-0.1, -0.05) is 12.1 Å². The first-order valence-corrected chi connectivity index (χ1v) is 6.38. The lowest BCUT2D eigenvalue weighted by Crippen LogP contribution is -2.60. The van der Waals surface area contributed by atoms with Gasteiger partial charge in [0.25, 0.3) is 0 Å². The molecule has 1 heterocycles. The first-order valence-electron chi connectivity index (χ1n) is 6.38. The largest absolute Gasteiger partial charge is 0.357 e. The summed E-state index contributed by atoms with van der Waals surface area (Å²) in [5.74, 6) is -0.756. The van der Waals surface area contributed by atoms with Gasteiger partial charge in [0.2, 0.25) is 5.91 Å². The minimum atomic E-state index is -0.597. The molecule has 0 bridgehead atoms. The number of likely N-dealkylation sites (N-methyl/N-ethyl adjacent to an activating group) is 1. The third-order valence-electron chi connectivity index (χ3n) is 3.17. The molecule has 3 N–H and O–H groups in total. The molecule has 6 nitrogen and oxygen atoms in total. The summed E-state index contributed by atoms with van der Waals surface area (Å²) in [6.07, 6.45) is 0. The number of para-hydroxylation sites is 1. The second-order valence-electron chi connectivity index (χ2n) is 4.44. The summed E-state index contributed by atoms with van der Waals surface area (Å²) in [5, 5.41) is 8.07. The second kappa shape index (κ2) is 6.33. The monoisotopic (exact) mass is 280 g/mol. The zero-order chi connectivity index (χ0) is 14.5. The Morgan fingerprint density at radius 2 is 2.15 bits per heavy atom. The molecule has 20 heavy (non-hydrogen) atoms. The molecule has 1 aliphatic rings. The number of piperazine rings is 1. The number of amides is 3. The molecule has 0 aromatic heterocycles. The summed E-state index contributed by atoms with van der Waals surface area (Å²) in [6, 6.07) is 4.84. The van der Waals surface area contributed by atoms with E-state index in [1.165, 1.54) is 24.1 Å². The Labute approximate surface area is 116 Å². The van der Waals surface area contributed by atoms with Crippen LogP contribution in [-0.4, -0.2) is 49.6 Å². The number of nitrogens with one attached hydrogen (secondary N) is 3. The van der Waals surface area contributed by atoms with Crippen molar-refractivity contribution in [1.82, 2.24) is 15.5 Å². The topological polar surface area (TPSA) is 73.5 Å². The molecule has 1 unspecified atom stereocenters. The van der Waals surface area contributed by atoms with Crippen molar-refractivity contribution in [3.05, 3.63) is 30.1 Å². The van der Waals surface area contributed by atoms with Crippen LogP contribution < -0.4 is 16.0 Å². The molecule has 1 aromatic carbocycles. The van der Waals surface area contributed by atoms with E-state index in [4.69, 9.17) is 0 Å². The lowest BCUT2D eigenvalue weighted by molar-refractivity contribution is -0.125. The molecule has 0 aliphatic carbocycles. The Morgan fingerprint density at radius 1 is 1.40 bits per heavy atom. The van der Waals surface area contributed by atoms with Gasteiger partial charge < -0.3 is 20.9 Å². The van der Waals surface area contributed by atoms with E-state index >= 15 is 0 Å². The van der Waals surface area contributed by atoms with E-state index < -0.39 is 17.9 Å². The standard InChI is InChI=1S/C13H17FN4O2/c1-15-12(19)11-8-16-6-7-18(11)13(20)17-10-5-3-2-4-9(10)14/h2-5,11,16H,6-8H2,1H3,(H,15,19)(H,17,20). The van der Waals surface area contributed by atoms with Gasteiger partial charge in [-0.3, -0.25) is 4.79 Å². The van der Waals surface area contributed by atoms with Crippen LogP contribution in [0.25, 0.3) is 0 Å². The van der Waals surface area contributed by atoms with E-state index in [9.17, 15) is 14.0 Å². The minimum Gasteiger partial charge on any atom is -0.357 e. The SMILES string of the molecule is CNC(=O)C1CNCCN1C(=O)Nc1ccccc1F. The summed E-state index contributed by atoms with van der Waals surface area (Å²) in [7, 11) is 1.52. The van der Waals surface area contributed by atoms with Crippen LogP contribution in [0.1, 0.15) is 0 Å². The molecular weight excluding hydrogens is 263 g/mol. The van der Waals surface area contributed by atoms with Crippen LogP contribution in [0, 0.1) is 5.82 Å². The molecule has 0 saturated carbocycles. The molecule has 7 heteroatoms. The van der Waals surface area contributed by atoms with E-state index in [2.05, 4.69) is 16.0 Å². The molecule has 0 spiro atoms. The summed E-state index contributed by atoms with van der Waals surface area (Å²) in [6.45, 7) is 1.36. The number of carbonyl (C=O) groups excluding carboxylic acids is 2.